The fourth-order valence-corrected chi connectivity index (χ4v) is 7.04. The van der Waals surface area contributed by atoms with E-state index in [0.717, 1.165) is 11.3 Å². The minimum atomic E-state index is -1.08. The number of amides is 3. The van der Waals surface area contributed by atoms with Crippen molar-refractivity contribution in [1.82, 2.24) is 20.1 Å². The summed E-state index contributed by atoms with van der Waals surface area (Å²) in [6, 6.07) is -1.86. The van der Waals surface area contributed by atoms with E-state index in [1.807, 2.05) is 0 Å². The summed E-state index contributed by atoms with van der Waals surface area (Å²) in [7, 11) is 3.47. The van der Waals surface area contributed by atoms with Gasteiger partial charge in [-0.25, -0.2) is 9.78 Å². The fraction of sp³-hybridized carbons (Fsp3) is 0.636. The van der Waals surface area contributed by atoms with Gasteiger partial charge < -0.3 is 30.8 Å². The second kappa shape index (κ2) is 9.88. The number of oxime groups is 1. The number of aliphatic carboxylic acids is 1. The maximum absolute atomic E-state index is 13.2. The molecule has 1 aromatic rings. The Morgan fingerprint density at radius 1 is 1.28 bits per heavy atom. The maximum atomic E-state index is 13.2. The number of carbonyl (C=O) groups is 4. The van der Waals surface area contributed by atoms with Crippen molar-refractivity contribution < 1.29 is 29.1 Å². The van der Waals surface area contributed by atoms with E-state index < -0.39 is 40.0 Å². The van der Waals surface area contributed by atoms with Gasteiger partial charge in [0.15, 0.2) is 10.8 Å². The highest BCUT2D eigenvalue weighted by molar-refractivity contribution is 8.01. The molecule has 0 spiro atoms. The molecule has 1 aromatic heterocycles. The van der Waals surface area contributed by atoms with Gasteiger partial charge in [0.25, 0.3) is 5.91 Å². The van der Waals surface area contributed by atoms with Gasteiger partial charge in [-0.15, -0.1) is 23.1 Å². The summed E-state index contributed by atoms with van der Waals surface area (Å²) in [6.45, 7) is 3.53. The van der Waals surface area contributed by atoms with Crippen LogP contribution in [0.4, 0.5) is 5.13 Å². The number of rotatable bonds is 7. The van der Waals surface area contributed by atoms with E-state index >= 15 is 0 Å². The average molecular weight is 539 g/mol. The lowest BCUT2D eigenvalue weighted by Gasteiger charge is -2.43. The zero-order chi connectivity index (χ0) is 26.4. The Morgan fingerprint density at radius 2 is 1.94 bits per heavy atom. The van der Waals surface area contributed by atoms with Gasteiger partial charge >= 0.3 is 5.97 Å². The molecular formula is C22H30N6O6S2. The molecule has 14 heteroatoms. The number of nitrogen functional groups attached to an aromatic ring is 1. The predicted molar refractivity (Wildman–Crippen MR) is 134 cm³/mol. The average Bonchev–Trinajstić information content (AvgIpc) is 3.35. The number of carbonyl (C=O) groups excluding carboxylic acids is 3. The van der Waals surface area contributed by atoms with Crippen molar-refractivity contribution in [3.05, 3.63) is 11.1 Å². The van der Waals surface area contributed by atoms with Gasteiger partial charge in [0.05, 0.1) is 0 Å². The van der Waals surface area contributed by atoms with Gasteiger partial charge in [-0.1, -0.05) is 5.16 Å². The minimum absolute atomic E-state index is 0.0553. The first-order valence-electron chi connectivity index (χ1n) is 11.6. The van der Waals surface area contributed by atoms with Crippen molar-refractivity contribution in [3.63, 3.8) is 0 Å². The third-order valence-electron chi connectivity index (χ3n) is 6.70. The number of nitrogens with two attached hydrogens (primary N) is 1. The fourth-order valence-electron chi connectivity index (χ4n) is 4.86. The topological polar surface area (TPSA) is 168 Å². The van der Waals surface area contributed by atoms with Crippen molar-refractivity contribution in [3.8, 4) is 0 Å². The van der Waals surface area contributed by atoms with Crippen molar-refractivity contribution >= 4 is 57.6 Å². The van der Waals surface area contributed by atoms with E-state index in [0.29, 0.717) is 25.7 Å². The first-order valence-corrected chi connectivity index (χ1v) is 13.4. The van der Waals surface area contributed by atoms with Crippen molar-refractivity contribution in [2.75, 3.05) is 19.8 Å². The molecule has 196 valence electrons. The van der Waals surface area contributed by atoms with E-state index in [1.54, 1.807) is 38.2 Å². The molecule has 3 fully saturated rings. The van der Waals surface area contributed by atoms with Crippen LogP contribution in [0.1, 0.15) is 45.2 Å². The number of thiazole rings is 1. The lowest BCUT2D eigenvalue weighted by atomic mass is 9.86. The molecule has 3 atom stereocenters. The zero-order valence-corrected chi connectivity index (χ0v) is 22.1. The largest absolute Gasteiger partial charge is 0.480 e. The van der Waals surface area contributed by atoms with Crippen molar-refractivity contribution in [2.45, 2.75) is 67.8 Å². The molecule has 0 unspecified atom stereocenters. The Labute approximate surface area is 216 Å². The van der Waals surface area contributed by atoms with Gasteiger partial charge in [-0.2, -0.15) is 0 Å². The Kier molecular flexibility index (Phi) is 7.19. The Balaban J connectivity index is 1.45. The van der Waals surface area contributed by atoms with E-state index in [2.05, 4.69) is 15.5 Å². The third-order valence-corrected chi connectivity index (χ3v) is 8.94. The molecule has 4 rings (SSSR count). The summed E-state index contributed by atoms with van der Waals surface area (Å²) >= 11 is 2.47. The number of thioether (sulfide) groups is 1. The molecule has 2 saturated heterocycles. The molecule has 1 saturated carbocycles. The summed E-state index contributed by atoms with van der Waals surface area (Å²) < 4.78 is -0.707. The maximum Gasteiger partial charge on any atom is 0.327 e. The van der Waals surface area contributed by atoms with Crippen molar-refractivity contribution in [2.24, 2.45) is 11.1 Å². The van der Waals surface area contributed by atoms with Crippen LogP contribution in [0, 0.1) is 5.92 Å². The van der Waals surface area contributed by atoms with Crippen LogP contribution in [-0.2, 0) is 24.0 Å². The molecule has 3 heterocycles. The molecule has 36 heavy (non-hydrogen) atoms. The smallest absolute Gasteiger partial charge is 0.327 e. The van der Waals surface area contributed by atoms with Gasteiger partial charge in [0.2, 0.25) is 11.8 Å². The normalized spacial score (nSPS) is 29.2. The molecule has 0 aromatic carbocycles. The summed E-state index contributed by atoms with van der Waals surface area (Å²) in [5, 5.41) is 17.7. The lowest BCUT2D eigenvalue weighted by molar-refractivity contribution is -0.160. The Bertz CT molecular complexity index is 1100. The van der Waals surface area contributed by atoms with Crippen LogP contribution in [0.5, 0.6) is 0 Å². The van der Waals surface area contributed by atoms with Crippen molar-refractivity contribution in [1.29, 1.82) is 0 Å². The second-order valence-electron chi connectivity index (χ2n) is 9.87. The van der Waals surface area contributed by atoms with Gasteiger partial charge in [-0.3, -0.25) is 14.4 Å². The van der Waals surface area contributed by atoms with Crippen LogP contribution >= 0.6 is 23.1 Å². The molecule has 12 nitrogen and oxygen atoms in total. The summed E-state index contributed by atoms with van der Waals surface area (Å²) in [6.07, 6.45) is 2.28. The van der Waals surface area contributed by atoms with Crippen LogP contribution < -0.4 is 11.1 Å². The van der Waals surface area contributed by atoms with Crippen LogP contribution in [-0.4, -0.2) is 91.7 Å². The second-order valence-corrected chi connectivity index (χ2v) is 12.5. The molecule has 4 N–H and O–H groups in total. The van der Waals surface area contributed by atoms with E-state index in [4.69, 9.17) is 10.6 Å². The molecule has 3 aliphatic rings. The molecule has 0 bridgehead atoms. The number of nitrogens with one attached hydrogen (secondary N) is 1. The van der Waals surface area contributed by atoms with Crippen LogP contribution in [0.15, 0.2) is 10.5 Å². The summed E-state index contributed by atoms with van der Waals surface area (Å²) in [5.41, 5.74) is 5.86. The van der Waals surface area contributed by atoms with Gasteiger partial charge in [-0.05, 0) is 39.5 Å². The quantitative estimate of drug-likeness (QED) is 0.257. The van der Waals surface area contributed by atoms with Gasteiger partial charge in [0.1, 0.15) is 29.3 Å². The minimum Gasteiger partial charge on any atom is -0.480 e. The Morgan fingerprint density at radius 3 is 2.50 bits per heavy atom. The number of hydrogen-bond donors (Lipinski definition) is 3. The number of anilines is 1. The molecule has 2 aliphatic heterocycles. The number of carboxylic acid groups (broad SMARTS) is 1. The monoisotopic (exact) mass is 538 g/mol. The number of aromatic nitrogens is 1. The number of β-lactam (4-membered cyclic amide) rings is 1. The highest BCUT2D eigenvalue weighted by atomic mass is 32.2. The van der Waals surface area contributed by atoms with Gasteiger partial charge in [0, 0.05) is 30.1 Å². The zero-order valence-electron chi connectivity index (χ0n) is 20.5. The molecule has 1 aliphatic carbocycles. The lowest BCUT2D eigenvalue weighted by Crippen LogP contribution is -2.71. The summed E-state index contributed by atoms with van der Waals surface area (Å²) in [5.74, 6) is -2.16. The number of fused-ring (bicyclic) bond motifs is 1. The van der Waals surface area contributed by atoms with Crippen LogP contribution in [0.3, 0.4) is 0 Å². The highest BCUT2D eigenvalue weighted by Crippen LogP contribution is 2.50. The Hall–Kier alpha value is -2.87. The predicted octanol–water partition coefficient (Wildman–Crippen LogP) is 0.725. The molecular weight excluding hydrogens is 508 g/mol. The highest BCUT2D eigenvalue weighted by Gasteiger charge is 2.64. The van der Waals surface area contributed by atoms with E-state index in [9.17, 15) is 24.3 Å². The summed E-state index contributed by atoms with van der Waals surface area (Å²) in [4.78, 5) is 62.7. The van der Waals surface area contributed by atoms with E-state index in [-0.39, 0.29) is 34.5 Å². The standard InChI is InChI=1S/C22H30N6O6S2/c1-22(2)15(20(32)33)28-18(31)14(19(28)36-22)25-16(29)13(12-9-35-21(23)24-12)26-34-11-7-5-10(6-8-11)17(30)27(3)4/h9-11,14-15,19H,5-8H2,1-4H3,(H2,23,24)(H,25,29)(H,32,33)/b26-13-/t10-,11-,14-,15-,19+/m0/s1. The number of hydrogen-bond acceptors (Lipinski definition) is 10. The van der Waals surface area contributed by atoms with E-state index in [1.165, 1.54) is 16.7 Å². The molecule has 3 amide bonds. The van der Waals surface area contributed by atoms with Crippen LogP contribution in [0.25, 0.3) is 0 Å². The van der Waals surface area contributed by atoms with Crippen LogP contribution in [0.2, 0.25) is 0 Å². The third kappa shape index (κ3) is 4.88. The first-order chi connectivity index (χ1) is 16.9. The number of nitrogens with zero attached hydrogens (tertiary/aromatic N) is 4. The molecule has 0 radical (unpaired) electrons. The number of carboxylic acids is 1. The first kappa shape index (κ1) is 26.2. The SMILES string of the molecule is CN(C)C(=O)[C@H]1CC[C@H](O/N=C(\C(=O)N[C@H]2C(=O)N3[C@@H]2SC(C)(C)[C@@H]3C(=O)O)c2csc(N)n2)CC1.